The predicted octanol–water partition coefficient (Wildman–Crippen LogP) is 4.49. The second-order valence-electron chi connectivity index (χ2n) is 10.7. The zero-order valence-corrected chi connectivity index (χ0v) is 24.3. The van der Waals surface area contributed by atoms with Gasteiger partial charge in [-0.15, -0.1) is 0 Å². The minimum absolute atomic E-state index is 0.0734. The molecule has 42 heavy (non-hydrogen) atoms. The molecule has 1 aliphatic rings. The molecule has 8 nitrogen and oxygen atoms in total. The second kappa shape index (κ2) is 12.1. The molecule has 5 rings (SSSR count). The predicted molar refractivity (Wildman–Crippen MR) is 166 cm³/mol. The highest BCUT2D eigenvalue weighted by Crippen LogP contribution is 2.36. The molecule has 0 fully saturated rings. The molecule has 0 saturated carbocycles. The van der Waals surface area contributed by atoms with Gasteiger partial charge >= 0.3 is 0 Å². The molecule has 4 aromatic carbocycles. The molecule has 1 unspecified atom stereocenters. The van der Waals surface area contributed by atoms with Crippen LogP contribution in [0.4, 0.5) is 11.4 Å². The lowest BCUT2D eigenvalue weighted by Crippen LogP contribution is -2.55. The summed E-state index contributed by atoms with van der Waals surface area (Å²) in [6, 6.07) is 24.8. The van der Waals surface area contributed by atoms with Crippen LogP contribution in [0.15, 0.2) is 84.9 Å². The SMILES string of the molecule is CNC(C)C(=O)N[C@H]1CN(C(=O)c2ccccc2[C@@H](C)O)c2ccccc2N(Cc2c(C)ccc3ccccc23)C1=O. The third kappa shape index (κ3) is 5.51. The van der Waals surface area contributed by atoms with Gasteiger partial charge in [-0.1, -0.05) is 66.7 Å². The molecule has 1 aliphatic heterocycles. The molecule has 0 spiro atoms. The summed E-state index contributed by atoms with van der Waals surface area (Å²) in [5, 5.41) is 18.3. The van der Waals surface area contributed by atoms with Crippen LogP contribution < -0.4 is 20.4 Å². The van der Waals surface area contributed by atoms with E-state index in [1.807, 2.05) is 61.5 Å². The summed E-state index contributed by atoms with van der Waals surface area (Å²) in [7, 11) is 1.67. The van der Waals surface area contributed by atoms with E-state index in [4.69, 9.17) is 0 Å². The number of hydrogen-bond donors (Lipinski definition) is 3. The van der Waals surface area contributed by atoms with Crippen LogP contribution in [-0.4, -0.2) is 48.5 Å². The number of benzene rings is 4. The number of carbonyl (C=O) groups is 3. The smallest absolute Gasteiger partial charge is 0.258 e. The van der Waals surface area contributed by atoms with Crippen LogP contribution in [0.25, 0.3) is 10.8 Å². The topological polar surface area (TPSA) is 102 Å². The Kier molecular flexibility index (Phi) is 8.38. The third-order valence-corrected chi connectivity index (χ3v) is 8.01. The van der Waals surface area contributed by atoms with Gasteiger partial charge in [0.15, 0.2) is 0 Å². The monoisotopic (exact) mass is 564 g/mol. The van der Waals surface area contributed by atoms with E-state index >= 15 is 0 Å². The van der Waals surface area contributed by atoms with Crippen LogP contribution in [0.1, 0.15) is 47.0 Å². The van der Waals surface area contributed by atoms with Crippen LogP contribution in [0, 0.1) is 6.92 Å². The summed E-state index contributed by atoms with van der Waals surface area (Å²) in [6.45, 7) is 5.53. The molecule has 3 N–H and O–H groups in total. The summed E-state index contributed by atoms with van der Waals surface area (Å²) in [5.74, 6) is -1.03. The number of fused-ring (bicyclic) bond motifs is 2. The quantitative estimate of drug-likeness (QED) is 0.307. The number of para-hydroxylation sites is 2. The van der Waals surface area contributed by atoms with Crippen LogP contribution in [0.5, 0.6) is 0 Å². The highest BCUT2D eigenvalue weighted by molar-refractivity contribution is 6.13. The van der Waals surface area contributed by atoms with E-state index in [9.17, 15) is 19.5 Å². The van der Waals surface area contributed by atoms with Crippen molar-refractivity contribution in [2.24, 2.45) is 0 Å². The number of amides is 3. The van der Waals surface area contributed by atoms with Crippen molar-refractivity contribution in [3.63, 3.8) is 0 Å². The number of nitrogens with zero attached hydrogens (tertiary/aromatic N) is 2. The fraction of sp³-hybridized carbons (Fsp3) is 0.265. The summed E-state index contributed by atoms with van der Waals surface area (Å²) in [5.41, 5.74) is 3.96. The maximum atomic E-state index is 14.4. The Morgan fingerprint density at radius 3 is 2.33 bits per heavy atom. The van der Waals surface area contributed by atoms with Gasteiger partial charge in [0, 0.05) is 5.56 Å². The van der Waals surface area contributed by atoms with Gasteiger partial charge in [0.25, 0.3) is 11.8 Å². The molecule has 216 valence electrons. The van der Waals surface area contributed by atoms with Gasteiger partial charge in [-0.2, -0.15) is 0 Å². The van der Waals surface area contributed by atoms with Crippen molar-refractivity contribution in [3.8, 4) is 0 Å². The molecule has 8 heteroatoms. The van der Waals surface area contributed by atoms with Gasteiger partial charge in [0.05, 0.1) is 36.6 Å². The number of aliphatic hydroxyl groups excluding tert-OH is 1. The molecule has 3 atom stereocenters. The zero-order valence-electron chi connectivity index (χ0n) is 24.3. The molecular formula is C34H36N4O4. The van der Waals surface area contributed by atoms with Crippen molar-refractivity contribution in [3.05, 3.63) is 107 Å². The largest absolute Gasteiger partial charge is 0.389 e. The first-order valence-electron chi connectivity index (χ1n) is 14.2. The number of aryl methyl sites for hydroxylation is 1. The zero-order chi connectivity index (χ0) is 30.0. The van der Waals surface area contributed by atoms with Crippen molar-refractivity contribution in [2.75, 3.05) is 23.4 Å². The fourth-order valence-electron chi connectivity index (χ4n) is 5.49. The normalized spacial score (nSPS) is 16.5. The Balaban J connectivity index is 1.66. The standard InChI is InChI=1S/C34H36N4O4/c1-21-17-18-24-11-5-6-13-26(24)28(21)19-37-30-15-9-10-16-31(30)38(20-29(34(37)42)36-32(40)22(2)35-4)33(41)27-14-8-7-12-25(27)23(3)39/h5-18,22-23,29,35,39H,19-20H2,1-4H3,(H,36,40)/t22?,23-,29+/m1/s1. The van der Waals surface area contributed by atoms with E-state index < -0.39 is 18.2 Å². The van der Waals surface area contributed by atoms with E-state index in [2.05, 4.69) is 16.7 Å². The van der Waals surface area contributed by atoms with Gasteiger partial charge in [0.2, 0.25) is 5.91 Å². The van der Waals surface area contributed by atoms with Crippen molar-refractivity contribution >= 4 is 39.9 Å². The van der Waals surface area contributed by atoms with Gasteiger partial charge in [-0.3, -0.25) is 14.4 Å². The van der Waals surface area contributed by atoms with Crippen molar-refractivity contribution in [2.45, 2.75) is 45.5 Å². The molecule has 0 aliphatic carbocycles. The molecule has 4 aromatic rings. The Morgan fingerprint density at radius 1 is 0.929 bits per heavy atom. The maximum Gasteiger partial charge on any atom is 0.258 e. The van der Waals surface area contributed by atoms with E-state index in [0.29, 0.717) is 22.5 Å². The molecule has 0 radical (unpaired) electrons. The summed E-state index contributed by atoms with van der Waals surface area (Å²) in [6.07, 6.45) is -0.869. The molecule has 0 aromatic heterocycles. The van der Waals surface area contributed by atoms with E-state index in [-0.39, 0.29) is 30.8 Å². The minimum atomic E-state index is -1.02. The van der Waals surface area contributed by atoms with Crippen molar-refractivity contribution < 1.29 is 19.5 Å². The maximum absolute atomic E-state index is 14.4. The lowest BCUT2D eigenvalue weighted by atomic mass is 9.99. The first-order chi connectivity index (χ1) is 20.2. The lowest BCUT2D eigenvalue weighted by molar-refractivity contribution is -0.128. The average molecular weight is 565 g/mol. The number of anilines is 2. The summed E-state index contributed by atoms with van der Waals surface area (Å²) >= 11 is 0. The van der Waals surface area contributed by atoms with Gasteiger partial charge in [0.1, 0.15) is 6.04 Å². The Morgan fingerprint density at radius 2 is 1.60 bits per heavy atom. The molecule has 0 saturated heterocycles. The van der Waals surface area contributed by atoms with E-state index in [0.717, 1.165) is 21.9 Å². The highest BCUT2D eigenvalue weighted by Gasteiger charge is 2.38. The minimum Gasteiger partial charge on any atom is -0.389 e. The fourth-order valence-corrected chi connectivity index (χ4v) is 5.49. The number of nitrogens with one attached hydrogen (secondary N) is 2. The van der Waals surface area contributed by atoms with Crippen LogP contribution in [0.2, 0.25) is 0 Å². The van der Waals surface area contributed by atoms with Gasteiger partial charge < -0.3 is 25.5 Å². The number of hydrogen-bond acceptors (Lipinski definition) is 5. The number of aliphatic hydroxyl groups is 1. The number of likely N-dealkylation sites (N-methyl/N-ethyl adjacent to an activating group) is 1. The van der Waals surface area contributed by atoms with Gasteiger partial charge in [-0.25, -0.2) is 0 Å². The first kappa shape index (κ1) is 29.0. The van der Waals surface area contributed by atoms with Crippen molar-refractivity contribution in [1.29, 1.82) is 0 Å². The Hall–Kier alpha value is -4.53. The van der Waals surface area contributed by atoms with Crippen LogP contribution in [-0.2, 0) is 16.1 Å². The first-order valence-corrected chi connectivity index (χ1v) is 14.2. The summed E-state index contributed by atoms with van der Waals surface area (Å²) < 4.78 is 0. The Bertz CT molecular complexity index is 1650. The lowest BCUT2D eigenvalue weighted by Gasteiger charge is -2.27. The van der Waals surface area contributed by atoms with E-state index in [1.165, 1.54) is 0 Å². The number of rotatable bonds is 7. The second-order valence-corrected chi connectivity index (χ2v) is 10.7. The number of carbonyl (C=O) groups excluding carboxylic acids is 3. The van der Waals surface area contributed by atoms with E-state index in [1.54, 1.807) is 55.0 Å². The van der Waals surface area contributed by atoms with Gasteiger partial charge in [-0.05, 0) is 73.5 Å². The van der Waals surface area contributed by atoms with Crippen molar-refractivity contribution in [1.82, 2.24) is 10.6 Å². The van der Waals surface area contributed by atoms with Crippen LogP contribution in [0.3, 0.4) is 0 Å². The Labute approximate surface area is 245 Å². The molecule has 1 heterocycles. The van der Waals surface area contributed by atoms with Crippen LogP contribution >= 0.6 is 0 Å². The highest BCUT2D eigenvalue weighted by atomic mass is 16.3. The third-order valence-electron chi connectivity index (χ3n) is 8.01. The molecule has 0 bridgehead atoms. The summed E-state index contributed by atoms with van der Waals surface area (Å²) in [4.78, 5) is 44.9. The average Bonchev–Trinajstić information content (AvgIpc) is 3.12. The molecule has 3 amide bonds. The molecular weight excluding hydrogens is 528 g/mol.